The second-order valence-electron chi connectivity index (χ2n) is 5.45. The molecule has 0 bridgehead atoms. The summed E-state index contributed by atoms with van der Waals surface area (Å²) in [6.45, 7) is 6.00. The van der Waals surface area contributed by atoms with E-state index in [-0.39, 0.29) is 18.9 Å². The minimum atomic E-state index is -1.62. The highest BCUT2D eigenvalue weighted by atomic mass is 16.3. The van der Waals surface area contributed by atoms with Crippen molar-refractivity contribution in [3.8, 4) is 0 Å². The van der Waals surface area contributed by atoms with E-state index in [4.69, 9.17) is 5.73 Å². The van der Waals surface area contributed by atoms with Crippen molar-refractivity contribution in [2.24, 2.45) is 5.73 Å². The number of carbonyl (C=O) groups is 2. The molecule has 1 aromatic rings. The third kappa shape index (κ3) is 3.04. The summed E-state index contributed by atoms with van der Waals surface area (Å²) < 4.78 is 0. The maximum atomic E-state index is 12.4. The number of hydrogen-bond acceptors (Lipinski definition) is 5. The quantitative estimate of drug-likeness (QED) is 0.797. The Labute approximate surface area is 129 Å². The zero-order valence-corrected chi connectivity index (χ0v) is 13.0. The number of nitrogens with zero attached hydrogens (tertiary/aromatic N) is 3. The van der Waals surface area contributed by atoms with Crippen LogP contribution in [-0.2, 0) is 4.79 Å². The van der Waals surface area contributed by atoms with E-state index >= 15 is 0 Å². The number of amides is 2. The number of aromatic nitrogens is 1. The number of carbonyl (C=O) groups excluding carboxylic acids is 2. The van der Waals surface area contributed by atoms with Gasteiger partial charge in [0, 0.05) is 32.3 Å². The Morgan fingerprint density at radius 1 is 1.41 bits per heavy atom. The molecule has 2 amide bonds. The highest BCUT2D eigenvalue weighted by Gasteiger charge is 2.43. The molecule has 1 unspecified atom stereocenters. The fourth-order valence-corrected chi connectivity index (χ4v) is 2.60. The summed E-state index contributed by atoms with van der Waals surface area (Å²) in [7, 11) is 0. The molecule has 1 aromatic heterocycles. The van der Waals surface area contributed by atoms with E-state index in [1.165, 1.54) is 11.1 Å². The summed E-state index contributed by atoms with van der Waals surface area (Å²) >= 11 is 0. The number of aliphatic hydroxyl groups is 1. The van der Waals surface area contributed by atoms with Gasteiger partial charge >= 0.3 is 0 Å². The molecule has 0 saturated carbocycles. The van der Waals surface area contributed by atoms with Crippen LogP contribution in [0.5, 0.6) is 0 Å². The summed E-state index contributed by atoms with van der Waals surface area (Å²) in [4.78, 5) is 31.4. The van der Waals surface area contributed by atoms with Gasteiger partial charge in [0.2, 0.25) is 0 Å². The van der Waals surface area contributed by atoms with Crippen molar-refractivity contribution in [1.82, 2.24) is 9.88 Å². The third-order valence-electron chi connectivity index (χ3n) is 4.08. The number of anilines is 1. The van der Waals surface area contributed by atoms with Gasteiger partial charge in [-0.05, 0) is 26.0 Å². The van der Waals surface area contributed by atoms with E-state index < -0.39 is 11.5 Å². The van der Waals surface area contributed by atoms with Gasteiger partial charge in [0.15, 0.2) is 5.60 Å². The molecule has 1 saturated heterocycles. The molecule has 2 rings (SSSR count). The first-order chi connectivity index (χ1) is 10.4. The van der Waals surface area contributed by atoms with Crippen molar-refractivity contribution >= 4 is 17.6 Å². The molecule has 1 atom stereocenters. The normalized spacial score (nSPS) is 21.0. The minimum Gasteiger partial charge on any atom is -0.378 e. The second-order valence-corrected chi connectivity index (χ2v) is 5.45. The Hall–Kier alpha value is -2.15. The number of hydrogen-bond donors (Lipinski definition) is 2. The molecule has 0 spiro atoms. The van der Waals surface area contributed by atoms with Crippen LogP contribution >= 0.6 is 0 Å². The van der Waals surface area contributed by atoms with Gasteiger partial charge in [0.25, 0.3) is 11.8 Å². The van der Waals surface area contributed by atoms with Crippen molar-refractivity contribution in [2.45, 2.75) is 25.9 Å². The molecule has 0 radical (unpaired) electrons. The van der Waals surface area contributed by atoms with Crippen molar-refractivity contribution in [3.63, 3.8) is 0 Å². The molecule has 7 heteroatoms. The highest BCUT2D eigenvalue weighted by molar-refractivity contribution is 5.95. The largest absolute Gasteiger partial charge is 0.378 e. The van der Waals surface area contributed by atoms with Crippen LogP contribution in [0.15, 0.2) is 18.3 Å². The van der Waals surface area contributed by atoms with Gasteiger partial charge in [0.1, 0.15) is 5.82 Å². The maximum absolute atomic E-state index is 12.4. The van der Waals surface area contributed by atoms with Gasteiger partial charge < -0.3 is 20.6 Å². The average molecular weight is 306 g/mol. The molecule has 0 aromatic carbocycles. The number of primary amides is 1. The van der Waals surface area contributed by atoms with Gasteiger partial charge in [0.05, 0.1) is 12.1 Å². The fourth-order valence-electron chi connectivity index (χ4n) is 2.60. The Morgan fingerprint density at radius 3 is 2.55 bits per heavy atom. The van der Waals surface area contributed by atoms with E-state index in [1.807, 2.05) is 13.8 Å². The lowest BCUT2D eigenvalue weighted by Gasteiger charge is -2.21. The SMILES string of the molecule is CCN(CC)c1ccc(C(=O)N2CCC(O)(C(N)=O)C2)cn1. The summed E-state index contributed by atoms with van der Waals surface area (Å²) in [5.74, 6) is -0.231. The molecule has 7 nitrogen and oxygen atoms in total. The van der Waals surface area contributed by atoms with Crippen molar-refractivity contribution in [2.75, 3.05) is 31.1 Å². The molecule has 1 aliphatic rings. The standard InChI is InChI=1S/C15H22N4O3/c1-3-18(4-2)12-6-5-11(9-17-12)13(20)19-8-7-15(22,10-19)14(16)21/h5-6,9,22H,3-4,7-8,10H2,1-2H3,(H2,16,21). The fraction of sp³-hybridized carbons (Fsp3) is 0.533. The molecular formula is C15H22N4O3. The van der Waals surface area contributed by atoms with Gasteiger partial charge in [-0.2, -0.15) is 0 Å². The number of likely N-dealkylation sites (tertiary alicyclic amines) is 1. The van der Waals surface area contributed by atoms with E-state index in [2.05, 4.69) is 9.88 Å². The lowest BCUT2D eigenvalue weighted by Crippen LogP contribution is -2.46. The smallest absolute Gasteiger partial charge is 0.255 e. The number of rotatable bonds is 5. The predicted molar refractivity (Wildman–Crippen MR) is 82.5 cm³/mol. The Bertz CT molecular complexity index is 556. The number of β-amino-alcohol motifs (C(OH)–C–C–N with tert-alkyl or cyclic N) is 1. The summed E-state index contributed by atoms with van der Waals surface area (Å²) in [5, 5.41) is 10.0. The van der Waals surface area contributed by atoms with E-state index in [0.717, 1.165) is 18.9 Å². The Balaban J connectivity index is 2.09. The Kier molecular flexibility index (Phi) is 4.65. The van der Waals surface area contributed by atoms with Gasteiger partial charge in [-0.1, -0.05) is 0 Å². The Morgan fingerprint density at radius 2 is 2.09 bits per heavy atom. The van der Waals surface area contributed by atoms with Crippen molar-refractivity contribution in [1.29, 1.82) is 0 Å². The summed E-state index contributed by atoms with van der Waals surface area (Å²) in [5.41, 5.74) is 3.99. The lowest BCUT2D eigenvalue weighted by atomic mass is 10.0. The van der Waals surface area contributed by atoms with E-state index in [9.17, 15) is 14.7 Å². The van der Waals surface area contributed by atoms with Crippen LogP contribution in [0.1, 0.15) is 30.6 Å². The number of nitrogens with two attached hydrogens (primary N) is 1. The lowest BCUT2D eigenvalue weighted by molar-refractivity contribution is -0.134. The zero-order chi connectivity index (χ0) is 16.3. The molecule has 1 aliphatic heterocycles. The number of pyridine rings is 1. The molecule has 2 heterocycles. The van der Waals surface area contributed by atoms with Crippen LogP contribution in [0.4, 0.5) is 5.82 Å². The van der Waals surface area contributed by atoms with E-state index in [1.54, 1.807) is 12.1 Å². The van der Waals surface area contributed by atoms with Crippen LogP contribution in [0, 0.1) is 0 Å². The second kappa shape index (κ2) is 6.31. The van der Waals surface area contributed by atoms with Crippen molar-refractivity contribution < 1.29 is 14.7 Å². The molecule has 3 N–H and O–H groups in total. The topological polar surface area (TPSA) is 99.8 Å². The van der Waals surface area contributed by atoms with Crippen LogP contribution in [0.3, 0.4) is 0 Å². The molecule has 0 aliphatic carbocycles. The van der Waals surface area contributed by atoms with Gasteiger partial charge in [-0.3, -0.25) is 9.59 Å². The molecule has 22 heavy (non-hydrogen) atoms. The average Bonchev–Trinajstić information content (AvgIpc) is 2.92. The monoisotopic (exact) mass is 306 g/mol. The minimum absolute atomic E-state index is 0.0705. The van der Waals surface area contributed by atoms with Gasteiger partial charge in [-0.25, -0.2) is 4.98 Å². The summed E-state index contributed by atoms with van der Waals surface area (Å²) in [6, 6.07) is 3.52. The molecule has 1 fully saturated rings. The maximum Gasteiger partial charge on any atom is 0.255 e. The van der Waals surface area contributed by atoms with Crippen LogP contribution in [0.25, 0.3) is 0 Å². The summed E-state index contributed by atoms with van der Waals surface area (Å²) in [6.07, 6.45) is 1.69. The third-order valence-corrected chi connectivity index (χ3v) is 4.08. The first-order valence-electron chi connectivity index (χ1n) is 7.44. The first kappa shape index (κ1) is 16.2. The van der Waals surface area contributed by atoms with Crippen molar-refractivity contribution in [3.05, 3.63) is 23.9 Å². The molecular weight excluding hydrogens is 284 g/mol. The van der Waals surface area contributed by atoms with Gasteiger partial charge in [-0.15, -0.1) is 0 Å². The first-order valence-corrected chi connectivity index (χ1v) is 7.44. The molecule has 120 valence electrons. The highest BCUT2D eigenvalue weighted by Crippen LogP contribution is 2.23. The van der Waals surface area contributed by atoms with Crippen LogP contribution in [0.2, 0.25) is 0 Å². The van der Waals surface area contributed by atoms with Crippen LogP contribution < -0.4 is 10.6 Å². The van der Waals surface area contributed by atoms with E-state index in [0.29, 0.717) is 12.1 Å². The van der Waals surface area contributed by atoms with Crippen LogP contribution in [-0.4, -0.2) is 58.6 Å². The predicted octanol–water partition coefficient (Wildman–Crippen LogP) is -0.00990. The zero-order valence-electron chi connectivity index (χ0n) is 13.0.